The summed E-state index contributed by atoms with van der Waals surface area (Å²) in [6.45, 7) is 3.44. The van der Waals surface area contributed by atoms with Crippen molar-refractivity contribution in [3.05, 3.63) is 78.5 Å². The van der Waals surface area contributed by atoms with Gasteiger partial charge in [0.2, 0.25) is 0 Å². The van der Waals surface area contributed by atoms with E-state index in [0.29, 0.717) is 0 Å². The summed E-state index contributed by atoms with van der Waals surface area (Å²) in [6.07, 6.45) is 3.09. The van der Waals surface area contributed by atoms with Gasteiger partial charge in [-0.15, -0.1) is 0 Å². The molecule has 4 nitrogen and oxygen atoms in total. The molecule has 1 atom stereocenters. The molecule has 0 aliphatic carbocycles. The molecule has 0 radical (unpaired) electrons. The number of nitrogens with zero attached hydrogens (tertiary/aromatic N) is 3. The van der Waals surface area contributed by atoms with Crippen LogP contribution in [0.3, 0.4) is 0 Å². The summed E-state index contributed by atoms with van der Waals surface area (Å²) in [7, 11) is 0. The van der Waals surface area contributed by atoms with Crippen molar-refractivity contribution in [1.29, 1.82) is 0 Å². The van der Waals surface area contributed by atoms with Gasteiger partial charge in [-0.25, -0.2) is 4.68 Å². The van der Waals surface area contributed by atoms with Crippen molar-refractivity contribution in [3.8, 4) is 0 Å². The maximum Gasteiger partial charge on any atom is 0.109 e. The standard InChI is InChI=1S/C23H23N3O/c1-2-6-20-15-18(9-10-19(20)5-1)16-23(25-11-13-27-14-12-25)26-22-8-4-3-7-21(22)17-24-26/h1-10,15,17,23H,11-14,16H2. The number of fused-ring (bicyclic) bond motifs is 2. The first-order valence-corrected chi connectivity index (χ1v) is 9.60. The Kier molecular flexibility index (Phi) is 4.36. The molecule has 3 aromatic carbocycles. The number of para-hydroxylation sites is 1. The normalized spacial score (nSPS) is 16.7. The monoisotopic (exact) mass is 357 g/mol. The fourth-order valence-electron chi connectivity index (χ4n) is 4.05. The molecule has 27 heavy (non-hydrogen) atoms. The molecule has 5 rings (SSSR count). The lowest BCUT2D eigenvalue weighted by Crippen LogP contribution is -2.42. The minimum absolute atomic E-state index is 0.190. The highest BCUT2D eigenvalue weighted by molar-refractivity contribution is 5.83. The van der Waals surface area contributed by atoms with Crippen LogP contribution in [0, 0.1) is 0 Å². The predicted octanol–water partition coefficient (Wildman–Crippen LogP) is 4.26. The van der Waals surface area contributed by atoms with Gasteiger partial charge in [0.05, 0.1) is 24.9 Å². The largest absolute Gasteiger partial charge is 0.379 e. The first-order valence-electron chi connectivity index (χ1n) is 9.60. The van der Waals surface area contributed by atoms with Crippen LogP contribution in [0.15, 0.2) is 72.9 Å². The molecular weight excluding hydrogens is 334 g/mol. The van der Waals surface area contributed by atoms with Crippen LogP contribution in [-0.4, -0.2) is 41.0 Å². The minimum Gasteiger partial charge on any atom is -0.379 e. The van der Waals surface area contributed by atoms with Crippen LogP contribution in [0.2, 0.25) is 0 Å². The molecule has 0 saturated carbocycles. The van der Waals surface area contributed by atoms with Gasteiger partial charge in [-0.2, -0.15) is 5.10 Å². The van der Waals surface area contributed by atoms with Gasteiger partial charge in [-0.05, 0) is 22.4 Å². The van der Waals surface area contributed by atoms with Crippen molar-refractivity contribution in [2.75, 3.05) is 26.3 Å². The number of morpholine rings is 1. The van der Waals surface area contributed by atoms with Crippen LogP contribution >= 0.6 is 0 Å². The highest BCUT2D eigenvalue weighted by Crippen LogP contribution is 2.26. The molecule has 2 heterocycles. The molecule has 1 aliphatic rings. The third-order valence-electron chi connectivity index (χ3n) is 5.49. The number of hydrogen-bond donors (Lipinski definition) is 0. The zero-order valence-electron chi connectivity index (χ0n) is 15.3. The summed E-state index contributed by atoms with van der Waals surface area (Å²) < 4.78 is 7.78. The van der Waals surface area contributed by atoms with E-state index in [1.807, 2.05) is 6.20 Å². The molecule has 0 amide bonds. The topological polar surface area (TPSA) is 30.3 Å². The molecule has 136 valence electrons. The van der Waals surface area contributed by atoms with E-state index in [9.17, 15) is 0 Å². The van der Waals surface area contributed by atoms with E-state index in [-0.39, 0.29) is 6.17 Å². The molecule has 0 bridgehead atoms. The fourth-order valence-corrected chi connectivity index (χ4v) is 4.05. The maximum atomic E-state index is 5.59. The molecular formula is C23H23N3O. The summed E-state index contributed by atoms with van der Waals surface area (Å²) in [5.41, 5.74) is 2.53. The molecule has 1 aliphatic heterocycles. The Bertz CT molecular complexity index is 1070. The Morgan fingerprint density at radius 2 is 1.59 bits per heavy atom. The van der Waals surface area contributed by atoms with Crippen molar-refractivity contribution in [1.82, 2.24) is 14.7 Å². The minimum atomic E-state index is 0.190. The van der Waals surface area contributed by atoms with Gasteiger partial charge < -0.3 is 4.74 Å². The van der Waals surface area contributed by atoms with E-state index in [1.165, 1.54) is 27.2 Å². The zero-order chi connectivity index (χ0) is 18.1. The maximum absolute atomic E-state index is 5.59. The Labute approximate surface area is 159 Å². The van der Waals surface area contributed by atoms with Crippen molar-refractivity contribution in [2.45, 2.75) is 12.6 Å². The number of rotatable bonds is 4. The lowest BCUT2D eigenvalue weighted by molar-refractivity contribution is -0.00368. The zero-order valence-corrected chi connectivity index (χ0v) is 15.3. The number of ether oxygens (including phenoxy) is 1. The average Bonchev–Trinajstić information content (AvgIpc) is 3.16. The summed E-state index contributed by atoms with van der Waals surface area (Å²) in [4.78, 5) is 2.50. The number of hydrogen-bond acceptors (Lipinski definition) is 3. The van der Waals surface area contributed by atoms with Gasteiger partial charge in [0, 0.05) is 24.9 Å². The quantitative estimate of drug-likeness (QED) is 0.547. The van der Waals surface area contributed by atoms with Crippen LogP contribution in [0.4, 0.5) is 0 Å². The van der Waals surface area contributed by atoms with E-state index in [0.717, 1.165) is 32.7 Å². The Balaban J connectivity index is 1.54. The lowest BCUT2D eigenvalue weighted by atomic mass is 10.0. The predicted molar refractivity (Wildman–Crippen MR) is 109 cm³/mol. The van der Waals surface area contributed by atoms with E-state index < -0.39 is 0 Å². The van der Waals surface area contributed by atoms with Gasteiger partial charge in [0.1, 0.15) is 6.17 Å². The highest BCUT2D eigenvalue weighted by Gasteiger charge is 2.24. The third kappa shape index (κ3) is 3.22. The molecule has 1 fully saturated rings. The molecule has 0 N–H and O–H groups in total. The van der Waals surface area contributed by atoms with E-state index >= 15 is 0 Å². The van der Waals surface area contributed by atoms with Gasteiger partial charge in [-0.1, -0.05) is 60.7 Å². The molecule has 4 heteroatoms. The summed E-state index contributed by atoms with van der Waals surface area (Å²) in [5, 5.41) is 8.53. The Morgan fingerprint density at radius 1 is 0.852 bits per heavy atom. The molecule has 0 spiro atoms. The number of aromatic nitrogens is 2. The first kappa shape index (κ1) is 16.5. The van der Waals surface area contributed by atoms with Crippen LogP contribution in [-0.2, 0) is 11.2 Å². The summed E-state index contributed by atoms with van der Waals surface area (Å²) >= 11 is 0. The molecule has 1 unspecified atom stereocenters. The van der Waals surface area contributed by atoms with Crippen molar-refractivity contribution in [3.63, 3.8) is 0 Å². The number of benzene rings is 3. The van der Waals surface area contributed by atoms with E-state index in [4.69, 9.17) is 9.84 Å². The molecule has 4 aromatic rings. The second kappa shape index (κ2) is 7.14. The Hall–Kier alpha value is -2.69. The van der Waals surface area contributed by atoms with Crippen molar-refractivity contribution < 1.29 is 4.74 Å². The van der Waals surface area contributed by atoms with Crippen molar-refractivity contribution >= 4 is 21.7 Å². The van der Waals surface area contributed by atoms with Gasteiger partial charge in [-0.3, -0.25) is 4.90 Å². The molecule has 1 aromatic heterocycles. The smallest absolute Gasteiger partial charge is 0.109 e. The highest BCUT2D eigenvalue weighted by atomic mass is 16.5. The summed E-state index contributed by atoms with van der Waals surface area (Å²) in [5.74, 6) is 0. The second-order valence-electron chi connectivity index (χ2n) is 7.16. The van der Waals surface area contributed by atoms with Crippen LogP contribution in [0.25, 0.3) is 21.7 Å². The van der Waals surface area contributed by atoms with Crippen LogP contribution in [0.1, 0.15) is 11.7 Å². The summed E-state index contributed by atoms with van der Waals surface area (Å²) in [6, 6.07) is 23.8. The van der Waals surface area contributed by atoms with Gasteiger partial charge >= 0.3 is 0 Å². The average molecular weight is 357 g/mol. The lowest BCUT2D eigenvalue weighted by Gasteiger charge is -2.35. The van der Waals surface area contributed by atoms with Crippen LogP contribution < -0.4 is 0 Å². The SMILES string of the molecule is c1ccc2cc(CC(N3CCOCC3)n3ncc4ccccc43)ccc2c1. The molecule has 1 saturated heterocycles. The van der Waals surface area contributed by atoms with E-state index in [2.05, 4.69) is 76.3 Å². The van der Waals surface area contributed by atoms with E-state index in [1.54, 1.807) is 0 Å². The van der Waals surface area contributed by atoms with Gasteiger partial charge in [0.15, 0.2) is 0 Å². The van der Waals surface area contributed by atoms with Crippen LogP contribution in [0.5, 0.6) is 0 Å². The van der Waals surface area contributed by atoms with Gasteiger partial charge in [0.25, 0.3) is 0 Å². The van der Waals surface area contributed by atoms with Crippen molar-refractivity contribution in [2.24, 2.45) is 0 Å². The second-order valence-corrected chi connectivity index (χ2v) is 7.16. The first-order chi connectivity index (χ1) is 13.4. The fraction of sp³-hybridized carbons (Fsp3) is 0.261. The third-order valence-corrected chi connectivity index (χ3v) is 5.49. The Morgan fingerprint density at radius 3 is 2.44 bits per heavy atom.